The zero-order chi connectivity index (χ0) is 19.1. The number of rotatable bonds is 8. The average molecular weight is 401 g/mol. The first-order chi connectivity index (χ1) is 13.1. The number of ketones is 1. The molecule has 0 fully saturated rings. The fraction of sp³-hybridized carbons (Fsp3) is 0.158. The first-order valence-electron chi connectivity index (χ1n) is 8.19. The Morgan fingerprint density at radius 2 is 1.74 bits per heavy atom. The summed E-state index contributed by atoms with van der Waals surface area (Å²) in [6.07, 6.45) is 0.0775. The highest BCUT2D eigenvalue weighted by atomic mass is 32.2. The van der Waals surface area contributed by atoms with Gasteiger partial charge in [-0.2, -0.15) is 0 Å². The van der Waals surface area contributed by atoms with E-state index in [0.717, 1.165) is 10.1 Å². The number of amides is 1. The Bertz CT molecular complexity index is 914. The molecule has 2 aromatic carbocycles. The van der Waals surface area contributed by atoms with Gasteiger partial charge in [-0.1, -0.05) is 53.4 Å². The van der Waals surface area contributed by atoms with Crippen molar-refractivity contribution in [2.24, 2.45) is 0 Å². The third-order valence-corrected chi connectivity index (χ3v) is 5.65. The van der Waals surface area contributed by atoms with E-state index in [-0.39, 0.29) is 24.5 Å². The molecule has 0 spiro atoms. The highest BCUT2D eigenvalue weighted by Gasteiger charge is 2.12. The van der Waals surface area contributed by atoms with Gasteiger partial charge in [0.25, 0.3) is 0 Å². The van der Waals surface area contributed by atoms with Gasteiger partial charge in [-0.3, -0.25) is 9.59 Å². The van der Waals surface area contributed by atoms with Gasteiger partial charge in [0.1, 0.15) is 5.82 Å². The summed E-state index contributed by atoms with van der Waals surface area (Å²) in [6, 6.07) is 15.3. The van der Waals surface area contributed by atoms with Crippen LogP contribution >= 0.6 is 23.1 Å². The first-order valence-corrected chi connectivity index (χ1v) is 9.99. The monoisotopic (exact) mass is 401 g/mol. The smallest absolute Gasteiger partial charge is 0.226 e. The maximum atomic E-state index is 12.9. The molecule has 0 saturated carbocycles. The molecule has 1 aromatic heterocycles. The highest BCUT2D eigenvalue weighted by Crippen LogP contribution is 2.28. The molecule has 1 heterocycles. The summed E-state index contributed by atoms with van der Waals surface area (Å²) >= 11 is 2.84. The number of hydrogen-bond donors (Lipinski definition) is 1. The van der Waals surface area contributed by atoms with E-state index in [1.807, 2.05) is 30.3 Å². The number of thioether (sulfide) groups is 1. The lowest BCUT2D eigenvalue weighted by Crippen LogP contribution is -2.13. The summed E-state index contributed by atoms with van der Waals surface area (Å²) in [4.78, 5) is 24.0. The molecule has 27 heavy (non-hydrogen) atoms. The molecule has 0 unspecified atom stereocenters. The predicted octanol–water partition coefficient (Wildman–Crippen LogP) is 4.57. The molecular formula is C19H16FN3O2S2. The van der Waals surface area contributed by atoms with Gasteiger partial charge in [-0.05, 0) is 29.8 Å². The summed E-state index contributed by atoms with van der Waals surface area (Å²) in [5.74, 6) is -0.139. The van der Waals surface area contributed by atoms with Crippen molar-refractivity contribution in [2.75, 3.05) is 5.32 Å². The molecule has 1 amide bonds. The largest absolute Gasteiger partial charge is 0.300 e. The SMILES string of the molecule is O=C(CCC(=O)c1ccc(F)cc1)Nc1nnc(SCc2ccccc2)s1. The van der Waals surface area contributed by atoms with Crippen molar-refractivity contribution in [1.29, 1.82) is 0 Å². The van der Waals surface area contributed by atoms with E-state index in [9.17, 15) is 14.0 Å². The van der Waals surface area contributed by atoms with Crippen molar-refractivity contribution in [1.82, 2.24) is 10.2 Å². The predicted molar refractivity (Wildman–Crippen MR) is 105 cm³/mol. The molecule has 0 radical (unpaired) electrons. The molecule has 8 heteroatoms. The lowest BCUT2D eigenvalue weighted by atomic mass is 10.1. The Morgan fingerprint density at radius 1 is 1.00 bits per heavy atom. The second-order valence-electron chi connectivity index (χ2n) is 5.63. The van der Waals surface area contributed by atoms with Gasteiger partial charge in [0.05, 0.1) is 0 Å². The average Bonchev–Trinajstić information content (AvgIpc) is 3.13. The van der Waals surface area contributed by atoms with Gasteiger partial charge in [-0.15, -0.1) is 10.2 Å². The van der Waals surface area contributed by atoms with Crippen LogP contribution < -0.4 is 5.32 Å². The molecule has 138 valence electrons. The zero-order valence-electron chi connectivity index (χ0n) is 14.2. The van der Waals surface area contributed by atoms with Crippen LogP contribution in [-0.2, 0) is 10.5 Å². The summed E-state index contributed by atoms with van der Waals surface area (Å²) in [6.45, 7) is 0. The number of anilines is 1. The summed E-state index contributed by atoms with van der Waals surface area (Å²) in [5, 5.41) is 11.1. The minimum atomic E-state index is -0.401. The van der Waals surface area contributed by atoms with Crippen LogP contribution in [0.4, 0.5) is 9.52 Å². The van der Waals surface area contributed by atoms with Gasteiger partial charge in [0.2, 0.25) is 11.0 Å². The van der Waals surface area contributed by atoms with Crippen LogP contribution in [0, 0.1) is 5.82 Å². The molecule has 0 aliphatic heterocycles. The van der Waals surface area contributed by atoms with E-state index < -0.39 is 5.82 Å². The topological polar surface area (TPSA) is 72.0 Å². The molecule has 1 N–H and O–H groups in total. The van der Waals surface area contributed by atoms with Crippen molar-refractivity contribution < 1.29 is 14.0 Å². The highest BCUT2D eigenvalue weighted by molar-refractivity contribution is 8.00. The van der Waals surface area contributed by atoms with Crippen molar-refractivity contribution in [3.63, 3.8) is 0 Å². The maximum absolute atomic E-state index is 12.9. The minimum Gasteiger partial charge on any atom is -0.300 e. The number of carbonyl (C=O) groups excluding carboxylic acids is 2. The number of benzene rings is 2. The number of aromatic nitrogens is 2. The molecule has 0 atom stereocenters. The van der Waals surface area contributed by atoms with Crippen molar-refractivity contribution in [3.05, 3.63) is 71.5 Å². The molecule has 5 nitrogen and oxygen atoms in total. The maximum Gasteiger partial charge on any atom is 0.226 e. The van der Waals surface area contributed by atoms with E-state index in [4.69, 9.17) is 0 Å². The Kier molecular flexibility index (Phi) is 6.67. The fourth-order valence-corrected chi connectivity index (χ4v) is 3.95. The van der Waals surface area contributed by atoms with Gasteiger partial charge < -0.3 is 5.32 Å². The summed E-state index contributed by atoms with van der Waals surface area (Å²) < 4.78 is 13.6. The van der Waals surface area contributed by atoms with Gasteiger partial charge in [-0.25, -0.2) is 4.39 Å². The Morgan fingerprint density at radius 3 is 2.48 bits per heavy atom. The third kappa shape index (κ3) is 5.97. The van der Waals surface area contributed by atoms with Crippen LogP contribution in [0.2, 0.25) is 0 Å². The van der Waals surface area contributed by atoms with Crippen LogP contribution in [0.5, 0.6) is 0 Å². The van der Waals surface area contributed by atoms with Crippen molar-refractivity contribution in [2.45, 2.75) is 22.9 Å². The summed E-state index contributed by atoms with van der Waals surface area (Å²) in [5.41, 5.74) is 1.57. The van der Waals surface area contributed by atoms with Crippen molar-refractivity contribution in [3.8, 4) is 0 Å². The lowest BCUT2D eigenvalue weighted by molar-refractivity contribution is -0.116. The molecule has 0 saturated heterocycles. The zero-order valence-corrected chi connectivity index (χ0v) is 15.9. The Labute approximate surface area is 164 Å². The van der Waals surface area contributed by atoms with Crippen LogP contribution in [-0.4, -0.2) is 21.9 Å². The Balaban J connectivity index is 1.45. The van der Waals surface area contributed by atoms with Crippen LogP contribution in [0.1, 0.15) is 28.8 Å². The van der Waals surface area contributed by atoms with E-state index in [0.29, 0.717) is 10.7 Å². The number of carbonyl (C=O) groups is 2. The van der Waals surface area contributed by atoms with Gasteiger partial charge in [0, 0.05) is 24.2 Å². The fourth-order valence-electron chi connectivity index (χ4n) is 2.23. The molecule has 3 rings (SSSR count). The molecule has 0 aliphatic carbocycles. The third-order valence-electron chi connectivity index (χ3n) is 3.60. The van der Waals surface area contributed by atoms with E-state index in [2.05, 4.69) is 15.5 Å². The van der Waals surface area contributed by atoms with E-state index in [1.165, 1.54) is 41.2 Å². The Hall–Kier alpha value is -2.58. The molecular weight excluding hydrogens is 385 g/mol. The summed E-state index contributed by atoms with van der Waals surface area (Å²) in [7, 11) is 0. The van der Waals surface area contributed by atoms with E-state index >= 15 is 0 Å². The molecule has 0 aliphatic rings. The molecule has 0 bridgehead atoms. The number of Topliss-reactive ketones (excluding diaryl/α,β-unsaturated/α-hetero) is 1. The second kappa shape index (κ2) is 9.38. The quantitative estimate of drug-likeness (QED) is 0.340. The van der Waals surface area contributed by atoms with E-state index in [1.54, 1.807) is 11.8 Å². The second-order valence-corrected chi connectivity index (χ2v) is 7.83. The number of nitrogens with one attached hydrogen (secondary N) is 1. The lowest BCUT2D eigenvalue weighted by Gasteiger charge is -2.02. The minimum absolute atomic E-state index is 0.0300. The van der Waals surface area contributed by atoms with Crippen molar-refractivity contribution >= 4 is 39.9 Å². The standard InChI is InChI=1S/C19H16FN3O2S2/c20-15-8-6-14(7-9-15)16(24)10-11-17(25)21-18-22-23-19(27-18)26-12-13-4-2-1-3-5-13/h1-9H,10-12H2,(H,21,22,25). The number of nitrogens with zero attached hydrogens (tertiary/aromatic N) is 2. The number of halogens is 1. The molecule has 3 aromatic rings. The normalized spacial score (nSPS) is 10.6. The number of hydrogen-bond acceptors (Lipinski definition) is 6. The first kappa shape index (κ1) is 19.2. The van der Waals surface area contributed by atoms with Crippen LogP contribution in [0.3, 0.4) is 0 Å². The van der Waals surface area contributed by atoms with Crippen LogP contribution in [0.15, 0.2) is 58.9 Å². The van der Waals surface area contributed by atoms with Gasteiger partial charge >= 0.3 is 0 Å². The van der Waals surface area contributed by atoms with Gasteiger partial charge in [0.15, 0.2) is 10.1 Å². The van der Waals surface area contributed by atoms with Crippen LogP contribution in [0.25, 0.3) is 0 Å².